The van der Waals surface area contributed by atoms with Crippen molar-refractivity contribution < 1.29 is 9.21 Å². The first-order chi connectivity index (χ1) is 6.33. The van der Waals surface area contributed by atoms with E-state index in [1.807, 2.05) is 6.92 Å². The molecule has 0 fully saturated rings. The predicted molar refractivity (Wildman–Crippen MR) is 51.8 cm³/mol. The molecular formula is C9H13NO2S. The molecule has 72 valence electrons. The number of carbonyl (C=O) groups excluding carboxylic acids is 1. The van der Waals surface area contributed by atoms with Crippen LogP contribution in [0.25, 0.3) is 0 Å². The Balaban J connectivity index is 2.05. The van der Waals surface area contributed by atoms with Crippen LogP contribution in [0.3, 0.4) is 0 Å². The van der Waals surface area contributed by atoms with Crippen molar-refractivity contribution in [3.63, 3.8) is 0 Å². The zero-order valence-electron chi connectivity index (χ0n) is 7.66. The minimum Gasteiger partial charge on any atom is -0.440 e. The van der Waals surface area contributed by atoms with Gasteiger partial charge in [-0.2, -0.15) is 0 Å². The van der Waals surface area contributed by atoms with E-state index in [-0.39, 0.29) is 0 Å². The standard InChI is InChI=1S/C9H13NO2S/c1-2-8(11)4-3-7-13-9-10-5-6-12-9/h5-6H,2-4,7H2,1H3. The summed E-state index contributed by atoms with van der Waals surface area (Å²) in [5.41, 5.74) is 0. The summed E-state index contributed by atoms with van der Waals surface area (Å²) in [7, 11) is 0. The van der Waals surface area contributed by atoms with E-state index in [1.54, 1.807) is 24.2 Å². The first kappa shape index (κ1) is 10.3. The molecule has 0 radical (unpaired) electrons. The van der Waals surface area contributed by atoms with Gasteiger partial charge in [-0.1, -0.05) is 18.7 Å². The Bertz CT molecular complexity index is 246. The second-order valence-corrected chi connectivity index (χ2v) is 3.69. The number of thioether (sulfide) groups is 1. The van der Waals surface area contributed by atoms with E-state index in [0.717, 1.165) is 12.2 Å². The van der Waals surface area contributed by atoms with Gasteiger partial charge in [-0.05, 0) is 6.42 Å². The van der Waals surface area contributed by atoms with Crippen LogP contribution in [-0.4, -0.2) is 16.5 Å². The van der Waals surface area contributed by atoms with Gasteiger partial charge in [-0.25, -0.2) is 4.98 Å². The summed E-state index contributed by atoms with van der Waals surface area (Å²) in [5.74, 6) is 1.22. The molecule has 0 aliphatic heterocycles. The lowest BCUT2D eigenvalue weighted by Gasteiger charge is -1.96. The summed E-state index contributed by atoms with van der Waals surface area (Å²) in [5, 5.41) is 0.684. The number of nitrogens with zero attached hydrogens (tertiary/aromatic N) is 1. The lowest BCUT2D eigenvalue weighted by Crippen LogP contribution is -1.95. The molecule has 0 N–H and O–H groups in total. The van der Waals surface area contributed by atoms with E-state index < -0.39 is 0 Å². The second-order valence-electron chi connectivity index (χ2n) is 2.64. The van der Waals surface area contributed by atoms with E-state index >= 15 is 0 Å². The Morgan fingerprint density at radius 3 is 3.15 bits per heavy atom. The van der Waals surface area contributed by atoms with Crippen LogP contribution in [0, 0.1) is 0 Å². The van der Waals surface area contributed by atoms with Crippen LogP contribution >= 0.6 is 11.8 Å². The van der Waals surface area contributed by atoms with Gasteiger partial charge in [0.2, 0.25) is 0 Å². The van der Waals surface area contributed by atoms with Crippen LogP contribution in [0.15, 0.2) is 22.1 Å². The van der Waals surface area contributed by atoms with Gasteiger partial charge < -0.3 is 4.42 Å². The highest BCUT2D eigenvalue weighted by Crippen LogP contribution is 2.16. The lowest BCUT2D eigenvalue weighted by atomic mass is 10.2. The highest BCUT2D eigenvalue weighted by atomic mass is 32.2. The van der Waals surface area contributed by atoms with Crippen LogP contribution in [0.2, 0.25) is 0 Å². The third kappa shape index (κ3) is 4.12. The minimum atomic E-state index is 0.327. The van der Waals surface area contributed by atoms with Gasteiger partial charge >= 0.3 is 0 Å². The molecule has 4 heteroatoms. The molecule has 1 rings (SSSR count). The highest BCUT2D eigenvalue weighted by molar-refractivity contribution is 7.99. The highest BCUT2D eigenvalue weighted by Gasteiger charge is 2.00. The molecule has 0 unspecified atom stereocenters. The zero-order valence-corrected chi connectivity index (χ0v) is 8.47. The first-order valence-electron chi connectivity index (χ1n) is 4.37. The summed E-state index contributed by atoms with van der Waals surface area (Å²) in [4.78, 5) is 14.9. The maximum atomic E-state index is 10.9. The third-order valence-electron chi connectivity index (χ3n) is 1.63. The van der Waals surface area contributed by atoms with E-state index in [4.69, 9.17) is 4.42 Å². The largest absolute Gasteiger partial charge is 0.440 e. The molecule has 0 aliphatic carbocycles. The van der Waals surface area contributed by atoms with Crippen molar-refractivity contribution in [1.82, 2.24) is 4.98 Å². The normalized spacial score (nSPS) is 10.2. The van der Waals surface area contributed by atoms with Gasteiger partial charge in [0.25, 0.3) is 5.22 Å². The van der Waals surface area contributed by atoms with Crippen LogP contribution in [0.4, 0.5) is 0 Å². The van der Waals surface area contributed by atoms with E-state index in [2.05, 4.69) is 4.98 Å². The Morgan fingerprint density at radius 1 is 1.69 bits per heavy atom. The van der Waals surface area contributed by atoms with Gasteiger partial charge in [0.05, 0.1) is 6.20 Å². The molecule has 0 amide bonds. The number of rotatable bonds is 6. The Kier molecular flexibility index (Phi) is 4.60. The average molecular weight is 199 g/mol. The molecule has 0 aromatic carbocycles. The molecule has 1 heterocycles. The number of ketones is 1. The number of carbonyl (C=O) groups is 1. The first-order valence-corrected chi connectivity index (χ1v) is 5.35. The van der Waals surface area contributed by atoms with Crippen LogP contribution in [0.1, 0.15) is 26.2 Å². The molecule has 0 aliphatic rings. The number of aromatic nitrogens is 1. The van der Waals surface area contributed by atoms with Gasteiger partial charge in [-0.3, -0.25) is 4.79 Å². The number of hydrogen-bond acceptors (Lipinski definition) is 4. The minimum absolute atomic E-state index is 0.327. The SMILES string of the molecule is CCC(=O)CCCSc1ncco1. The zero-order chi connectivity index (χ0) is 9.52. The van der Waals surface area contributed by atoms with Crippen molar-refractivity contribution in [1.29, 1.82) is 0 Å². The maximum absolute atomic E-state index is 10.9. The fourth-order valence-corrected chi connectivity index (χ4v) is 1.61. The van der Waals surface area contributed by atoms with Crippen molar-refractivity contribution in [3.05, 3.63) is 12.5 Å². The Hall–Kier alpha value is -0.770. The van der Waals surface area contributed by atoms with Crippen molar-refractivity contribution in [2.45, 2.75) is 31.4 Å². The molecule has 0 atom stereocenters. The van der Waals surface area contributed by atoms with Crippen molar-refractivity contribution in [2.75, 3.05) is 5.75 Å². The molecule has 0 saturated carbocycles. The molecule has 0 spiro atoms. The summed E-state index contributed by atoms with van der Waals surface area (Å²) in [6.07, 6.45) is 5.40. The average Bonchev–Trinajstić information content (AvgIpc) is 2.64. The van der Waals surface area contributed by atoms with Gasteiger partial charge in [0.1, 0.15) is 12.0 Å². The number of hydrogen-bond donors (Lipinski definition) is 0. The number of oxazole rings is 1. The van der Waals surface area contributed by atoms with Crippen molar-refractivity contribution in [2.24, 2.45) is 0 Å². The van der Waals surface area contributed by atoms with Crippen LogP contribution in [0.5, 0.6) is 0 Å². The molecule has 1 aromatic rings. The summed E-state index contributed by atoms with van der Waals surface area (Å²) < 4.78 is 5.03. The fraction of sp³-hybridized carbons (Fsp3) is 0.556. The summed E-state index contributed by atoms with van der Waals surface area (Å²) in [6.45, 7) is 1.89. The van der Waals surface area contributed by atoms with Gasteiger partial charge in [-0.15, -0.1) is 0 Å². The van der Waals surface area contributed by atoms with E-state index in [1.165, 1.54) is 0 Å². The van der Waals surface area contributed by atoms with E-state index in [0.29, 0.717) is 23.8 Å². The van der Waals surface area contributed by atoms with E-state index in [9.17, 15) is 4.79 Å². The van der Waals surface area contributed by atoms with Crippen molar-refractivity contribution >= 4 is 17.5 Å². The van der Waals surface area contributed by atoms with Crippen LogP contribution < -0.4 is 0 Å². The molecule has 0 saturated heterocycles. The monoisotopic (exact) mass is 199 g/mol. The predicted octanol–water partition coefficient (Wildman–Crippen LogP) is 2.53. The quantitative estimate of drug-likeness (QED) is 0.521. The molecule has 3 nitrogen and oxygen atoms in total. The van der Waals surface area contributed by atoms with Crippen molar-refractivity contribution in [3.8, 4) is 0 Å². The van der Waals surface area contributed by atoms with Gasteiger partial charge in [0, 0.05) is 18.6 Å². The Labute approximate surface area is 81.9 Å². The second kappa shape index (κ2) is 5.80. The maximum Gasteiger partial charge on any atom is 0.255 e. The third-order valence-corrected chi connectivity index (χ3v) is 2.57. The molecule has 0 bridgehead atoms. The fourth-order valence-electron chi connectivity index (χ4n) is 0.887. The lowest BCUT2D eigenvalue weighted by molar-refractivity contribution is -0.118. The Morgan fingerprint density at radius 2 is 2.54 bits per heavy atom. The molecular weight excluding hydrogens is 186 g/mol. The smallest absolute Gasteiger partial charge is 0.255 e. The number of Topliss-reactive ketones (excluding diaryl/α,β-unsaturated/α-hetero) is 1. The summed E-state index contributed by atoms with van der Waals surface area (Å²) in [6, 6.07) is 0. The van der Waals surface area contributed by atoms with Crippen LogP contribution in [-0.2, 0) is 4.79 Å². The molecule has 1 aromatic heterocycles. The van der Waals surface area contributed by atoms with Gasteiger partial charge in [0.15, 0.2) is 0 Å². The molecule has 13 heavy (non-hydrogen) atoms. The summed E-state index contributed by atoms with van der Waals surface area (Å²) >= 11 is 1.55. The topological polar surface area (TPSA) is 43.1 Å².